The first-order valence-corrected chi connectivity index (χ1v) is 12.9. The van der Waals surface area contributed by atoms with Crippen molar-refractivity contribution in [2.75, 3.05) is 18.5 Å². The number of anilines is 1. The molecule has 39 heavy (non-hydrogen) atoms. The molecule has 3 amide bonds. The van der Waals surface area contributed by atoms with Gasteiger partial charge in [0, 0.05) is 11.3 Å². The molecule has 8 nitrogen and oxygen atoms in total. The van der Waals surface area contributed by atoms with Gasteiger partial charge in [-0.15, -0.1) is 0 Å². The van der Waals surface area contributed by atoms with Gasteiger partial charge in [-0.25, -0.2) is 9.18 Å². The van der Waals surface area contributed by atoms with Gasteiger partial charge >= 0.3 is 5.97 Å². The largest absolute Gasteiger partial charge is 0.489 e. The lowest BCUT2D eigenvalue weighted by atomic mass is 10.2. The number of ether oxygens (including phenoxy) is 2. The molecule has 0 atom stereocenters. The molecule has 11 heteroatoms. The van der Waals surface area contributed by atoms with Gasteiger partial charge in [-0.1, -0.05) is 41.9 Å². The molecule has 1 aliphatic heterocycles. The first-order valence-electron chi connectivity index (χ1n) is 11.7. The van der Waals surface area contributed by atoms with Crippen LogP contribution in [0.4, 0.5) is 14.9 Å². The molecule has 1 N–H and O–H groups in total. The van der Waals surface area contributed by atoms with Crippen molar-refractivity contribution in [2.45, 2.75) is 13.5 Å². The van der Waals surface area contributed by atoms with Crippen LogP contribution in [0, 0.1) is 5.82 Å². The Kier molecular flexibility index (Phi) is 9.00. The summed E-state index contributed by atoms with van der Waals surface area (Å²) in [7, 11) is 0. The number of amides is 3. The average Bonchev–Trinajstić information content (AvgIpc) is 3.16. The lowest BCUT2D eigenvalue weighted by molar-refractivity contribution is -0.127. The maximum Gasteiger partial charge on any atom is 0.339 e. The molecule has 1 heterocycles. The number of imide groups is 1. The summed E-state index contributed by atoms with van der Waals surface area (Å²) in [5.41, 5.74) is 1.31. The Morgan fingerprint density at radius 1 is 1.08 bits per heavy atom. The SMILES string of the molecule is CCOC(=O)c1cc(NC(=O)CN2C(=O)S/C(=C/c3cccc(OCc4ccccc4F)c3)C2=O)ccc1Cl. The van der Waals surface area contributed by atoms with Gasteiger partial charge < -0.3 is 14.8 Å². The lowest BCUT2D eigenvalue weighted by Crippen LogP contribution is -2.36. The fourth-order valence-electron chi connectivity index (χ4n) is 3.57. The van der Waals surface area contributed by atoms with Crippen molar-refractivity contribution < 1.29 is 33.0 Å². The van der Waals surface area contributed by atoms with Crippen molar-refractivity contribution in [3.8, 4) is 5.75 Å². The van der Waals surface area contributed by atoms with E-state index in [-0.39, 0.29) is 40.2 Å². The molecule has 0 spiro atoms. The first-order chi connectivity index (χ1) is 18.7. The Morgan fingerprint density at radius 3 is 2.64 bits per heavy atom. The number of hydrogen-bond donors (Lipinski definition) is 1. The van der Waals surface area contributed by atoms with Gasteiger partial charge in [0.05, 0.1) is 22.1 Å². The van der Waals surface area contributed by atoms with Crippen molar-refractivity contribution in [2.24, 2.45) is 0 Å². The van der Waals surface area contributed by atoms with Crippen LogP contribution in [0.25, 0.3) is 6.08 Å². The lowest BCUT2D eigenvalue weighted by Gasteiger charge is -2.13. The number of nitrogens with zero attached hydrogens (tertiary/aromatic N) is 1. The molecular formula is C28H22ClFN2O6S. The third-order valence-electron chi connectivity index (χ3n) is 5.43. The van der Waals surface area contributed by atoms with E-state index in [9.17, 15) is 23.6 Å². The number of rotatable bonds is 9. The highest BCUT2D eigenvalue weighted by molar-refractivity contribution is 8.18. The summed E-state index contributed by atoms with van der Waals surface area (Å²) < 4.78 is 24.5. The summed E-state index contributed by atoms with van der Waals surface area (Å²) in [6, 6.07) is 17.3. The van der Waals surface area contributed by atoms with Crippen LogP contribution in [0.2, 0.25) is 5.02 Å². The quantitative estimate of drug-likeness (QED) is 0.253. The number of halogens is 2. The van der Waals surface area contributed by atoms with Crippen molar-refractivity contribution in [3.63, 3.8) is 0 Å². The van der Waals surface area contributed by atoms with Crippen LogP contribution in [0.5, 0.6) is 5.75 Å². The summed E-state index contributed by atoms with van der Waals surface area (Å²) in [4.78, 5) is 51.0. The standard InChI is InChI=1S/C28H22ClFN2O6S/c1-2-37-27(35)21-14-19(10-11-22(21)29)31-25(33)15-32-26(34)24(39-28(32)36)13-17-6-5-8-20(12-17)38-16-18-7-3-4-9-23(18)30/h3-14H,2,15-16H2,1H3,(H,31,33)/b24-13+. The van der Waals surface area contributed by atoms with Crippen molar-refractivity contribution in [3.05, 3.63) is 99.2 Å². The normalized spacial score (nSPS) is 14.0. The Bertz CT molecular complexity index is 1480. The predicted octanol–water partition coefficient (Wildman–Crippen LogP) is 5.91. The molecule has 3 aromatic rings. The second-order valence-electron chi connectivity index (χ2n) is 8.18. The minimum Gasteiger partial charge on any atom is -0.489 e. The number of esters is 1. The Balaban J connectivity index is 1.40. The third kappa shape index (κ3) is 7.04. The number of benzene rings is 3. The molecule has 1 saturated heterocycles. The van der Waals surface area contributed by atoms with Gasteiger partial charge in [0.2, 0.25) is 5.91 Å². The summed E-state index contributed by atoms with van der Waals surface area (Å²) in [6.45, 7) is 1.31. The zero-order valence-corrected chi connectivity index (χ0v) is 22.2. The van der Waals surface area contributed by atoms with Crippen molar-refractivity contribution >= 4 is 58.1 Å². The Morgan fingerprint density at radius 2 is 1.87 bits per heavy atom. The second kappa shape index (κ2) is 12.6. The molecule has 0 saturated carbocycles. The zero-order valence-electron chi connectivity index (χ0n) is 20.6. The number of hydrogen-bond acceptors (Lipinski definition) is 7. The highest BCUT2D eigenvalue weighted by atomic mass is 35.5. The van der Waals surface area contributed by atoms with E-state index in [1.165, 1.54) is 30.3 Å². The van der Waals surface area contributed by atoms with Crippen LogP contribution >= 0.6 is 23.4 Å². The predicted molar refractivity (Wildman–Crippen MR) is 146 cm³/mol. The van der Waals surface area contributed by atoms with E-state index in [1.54, 1.807) is 49.4 Å². The maximum absolute atomic E-state index is 13.8. The third-order valence-corrected chi connectivity index (χ3v) is 6.67. The molecule has 3 aromatic carbocycles. The van der Waals surface area contributed by atoms with Crippen LogP contribution in [-0.4, -0.2) is 41.1 Å². The fraction of sp³-hybridized carbons (Fsp3) is 0.143. The molecule has 0 aliphatic carbocycles. The summed E-state index contributed by atoms with van der Waals surface area (Å²) in [5.74, 6) is -1.82. The zero-order chi connectivity index (χ0) is 27.9. The molecule has 0 bridgehead atoms. The number of carbonyl (C=O) groups is 4. The summed E-state index contributed by atoms with van der Waals surface area (Å²) in [6.07, 6.45) is 1.52. The van der Waals surface area contributed by atoms with E-state index < -0.39 is 29.6 Å². The van der Waals surface area contributed by atoms with Crippen LogP contribution in [0.1, 0.15) is 28.4 Å². The van der Waals surface area contributed by atoms with Crippen LogP contribution < -0.4 is 10.1 Å². The molecule has 1 aliphatic rings. The van der Waals surface area contributed by atoms with Crippen LogP contribution in [0.3, 0.4) is 0 Å². The molecule has 200 valence electrons. The molecule has 0 unspecified atom stereocenters. The molecular weight excluding hydrogens is 547 g/mol. The minimum atomic E-state index is -0.642. The molecule has 1 fully saturated rings. The molecule has 0 aromatic heterocycles. The van der Waals surface area contributed by atoms with E-state index in [0.29, 0.717) is 28.6 Å². The van der Waals surface area contributed by atoms with Crippen LogP contribution in [0.15, 0.2) is 71.6 Å². The summed E-state index contributed by atoms with van der Waals surface area (Å²) >= 11 is 6.75. The average molecular weight is 569 g/mol. The minimum absolute atomic E-state index is 0.0245. The number of thioether (sulfide) groups is 1. The highest BCUT2D eigenvalue weighted by Crippen LogP contribution is 2.33. The molecule has 4 rings (SSSR count). The van der Waals surface area contributed by atoms with Gasteiger partial charge in [0.25, 0.3) is 11.1 Å². The Hall–Kier alpha value is -4.15. The van der Waals surface area contributed by atoms with Gasteiger partial charge in [0.1, 0.15) is 24.7 Å². The van der Waals surface area contributed by atoms with Gasteiger partial charge in [-0.05, 0) is 66.7 Å². The Labute approximate surface area is 232 Å². The highest BCUT2D eigenvalue weighted by Gasteiger charge is 2.36. The fourth-order valence-corrected chi connectivity index (χ4v) is 4.60. The van der Waals surface area contributed by atoms with E-state index in [0.717, 1.165) is 4.90 Å². The summed E-state index contributed by atoms with van der Waals surface area (Å²) in [5, 5.41) is 2.11. The van der Waals surface area contributed by atoms with E-state index >= 15 is 0 Å². The second-order valence-corrected chi connectivity index (χ2v) is 9.58. The van der Waals surface area contributed by atoms with E-state index in [4.69, 9.17) is 21.1 Å². The van der Waals surface area contributed by atoms with Gasteiger partial charge in [-0.2, -0.15) is 0 Å². The van der Waals surface area contributed by atoms with E-state index in [2.05, 4.69) is 5.32 Å². The first kappa shape index (κ1) is 27.9. The number of nitrogens with one attached hydrogen (secondary N) is 1. The maximum atomic E-state index is 13.8. The van der Waals surface area contributed by atoms with Crippen molar-refractivity contribution in [1.82, 2.24) is 4.90 Å². The van der Waals surface area contributed by atoms with Crippen LogP contribution in [-0.2, 0) is 20.9 Å². The van der Waals surface area contributed by atoms with Gasteiger partial charge in [0.15, 0.2) is 0 Å². The molecule has 0 radical (unpaired) electrons. The number of carbonyl (C=O) groups excluding carboxylic acids is 4. The topological polar surface area (TPSA) is 102 Å². The monoisotopic (exact) mass is 568 g/mol. The van der Waals surface area contributed by atoms with Gasteiger partial charge in [-0.3, -0.25) is 19.3 Å². The van der Waals surface area contributed by atoms with E-state index in [1.807, 2.05) is 0 Å². The smallest absolute Gasteiger partial charge is 0.339 e. The van der Waals surface area contributed by atoms with Crippen molar-refractivity contribution in [1.29, 1.82) is 0 Å².